The van der Waals surface area contributed by atoms with Crippen molar-refractivity contribution < 1.29 is 29.7 Å². The number of aromatic hydroxyl groups is 2. The van der Waals surface area contributed by atoms with E-state index in [9.17, 15) is 20.1 Å². The summed E-state index contributed by atoms with van der Waals surface area (Å²) in [7, 11) is 0. The van der Waals surface area contributed by atoms with E-state index in [-0.39, 0.29) is 36.5 Å². The van der Waals surface area contributed by atoms with Gasteiger partial charge >= 0.3 is 0 Å². The fourth-order valence-corrected chi connectivity index (χ4v) is 7.87. The molecule has 2 bridgehead atoms. The van der Waals surface area contributed by atoms with Gasteiger partial charge in [-0.3, -0.25) is 14.4 Å². The Morgan fingerprint density at radius 3 is 1.86 bits per heavy atom. The zero-order chi connectivity index (χ0) is 36.9. The predicted molar refractivity (Wildman–Crippen MR) is 199 cm³/mol. The quantitative estimate of drug-likeness (QED) is 0.0366. The molecular weight excluding hydrogens is 612 g/mol. The molecule has 3 N–H and O–H groups in total. The molecule has 1 aromatic carbocycles. The number of carbonyl (C=O) groups excluding carboxylic acids is 3. The number of phenolic OH excluding ortho intramolecular Hbond substituents is 2. The molecule has 0 unspecified atom stereocenters. The summed E-state index contributed by atoms with van der Waals surface area (Å²) in [4.78, 5) is 45.6. The molecule has 0 aliphatic heterocycles. The van der Waals surface area contributed by atoms with E-state index in [1.54, 1.807) is 0 Å². The topological polar surface area (TPSA) is 112 Å². The van der Waals surface area contributed by atoms with Crippen LogP contribution in [0.2, 0.25) is 0 Å². The maximum absolute atomic E-state index is 15.4. The van der Waals surface area contributed by atoms with Crippen LogP contribution in [0, 0.1) is 22.2 Å². The Bertz CT molecular complexity index is 1650. The molecule has 2 saturated carbocycles. The number of fused-ring (bicyclic) bond motifs is 2. The lowest BCUT2D eigenvalue weighted by Gasteiger charge is -2.61. The summed E-state index contributed by atoms with van der Waals surface area (Å²) in [6.07, 6.45) is 14.6. The van der Waals surface area contributed by atoms with Crippen LogP contribution < -0.4 is 0 Å². The summed E-state index contributed by atoms with van der Waals surface area (Å²) in [5, 5.41) is 32.0. The third-order valence-corrected chi connectivity index (χ3v) is 10.7. The molecule has 49 heavy (non-hydrogen) atoms. The molecule has 2 aliphatic carbocycles. The molecule has 4 atom stereocenters. The number of hydrogen-bond donors (Lipinski definition) is 3. The van der Waals surface area contributed by atoms with E-state index in [1.165, 1.54) is 23.3 Å². The molecule has 1 aromatic rings. The number of carbonyl (C=O) groups is 3. The second kappa shape index (κ2) is 15.7. The minimum atomic E-state index is -1.63. The third kappa shape index (κ3) is 7.95. The number of rotatable bonds is 13. The molecule has 0 heterocycles. The van der Waals surface area contributed by atoms with E-state index in [0.717, 1.165) is 35.6 Å². The molecule has 6 nitrogen and oxygen atoms in total. The summed E-state index contributed by atoms with van der Waals surface area (Å²) >= 11 is 0. The highest BCUT2D eigenvalue weighted by atomic mass is 16.3. The van der Waals surface area contributed by atoms with E-state index in [2.05, 4.69) is 45.9 Å². The van der Waals surface area contributed by atoms with E-state index >= 15 is 9.59 Å². The first kappa shape index (κ1) is 39.5. The fourth-order valence-electron chi connectivity index (χ4n) is 7.87. The molecule has 0 spiro atoms. The Kier molecular flexibility index (Phi) is 12.7. The van der Waals surface area contributed by atoms with Gasteiger partial charge in [0.05, 0.1) is 5.41 Å². The number of Topliss-reactive ketones (excluding diaryl/α,β-unsaturated/α-hetero) is 3. The number of aliphatic hydroxyl groups excluding tert-OH is 1. The molecule has 3 rings (SSSR count). The molecule has 0 saturated heterocycles. The second-order valence-electron chi connectivity index (χ2n) is 15.6. The number of aliphatic hydroxyl groups is 1. The number of allylic oxidation sites excluding steroid dienone is 11. The van der Waals surface area contributed by atoms with Gasteiger partial charge in [0.2, 0.25) is 0 Å². The van der Waals surface area contributed by atoms with Gasteiger partial charge in [-0.1, -0.05) is 65.2 Å². The van der Waals surface area contributed by atoms with Crippen molar-refractivity contribution in [3.8, 4) is 11.5 Å². The number of hydrogen-bond acceptors (Lipinski definition) is 6. The first-order chi connectivity index (χ1) is 22.8. The van der Waals surface area contributed by atoms with Crippen LogP contribution in [0.25, 0.3) is 5.76 Å². The van der Waals surface area contributed by atoms with Crippen LogP contribution in [0.1, 0.15) is 126 Å². The molecule has 6 heteroatoms. The van der Waals surface area contributed by atoms with Gasteiger partial charge in [0.15, 0.2) is 28.8 Å². The number of ketones is 3. The number of unbranched alkanes of at least 4 members (excludes halogenated alkanes) is 1. The average molecular weight is 671 g/mol. The third-order valence-electron chi connectivity index (χ3n) is 10.7. The van der Waals surface area contributed by atoms with Gasteiger partial charge in [-0.05, 0) is 143 Å². The first-order valence-electron chi connectivity index (χ1n) is 17.6. The van der Waals surface area contributed by atoms with Gasteiger partial charge < -0.3 is 15.3 Å². The van der Waals surface area contributed by atoms with Crippen LogP contribution >= 0.6 is 0 Å². The Balaban J connectivity index is 2.45. The lowest BCUT2D eigenvalue weighted by molar-refractivity contribution is -0.178. The van der Waals surface area contributed by atoms with Crippen molar-refractivity contribution in [3.05, 3.63) is 87.6 Å². The van der Waals surface area contributed by atoms with Gasteiger partial charge in [0, 0.05) is 5.56 Å². The number of phenols is 2. The lowest BCUT2D eigenvalue weighted by Crippen LogP contribution is -2.70. The molecule has 0 radical (unpaired) electrons. The minimum absolute atomic E-state index is 0.0205. The Hall–Kier alpha value is -3.93. The van der Waals surface area contributed by atoms with Crippen LogP contribution in [0.4, 0.5) is 0 Å². The van der Waals surface area contributed by atoms with Gasteiger partial charge in [-0.15, -0.1) is 0 Å². The van der Waals surface area contributed by atoms with Crippen molar-refractivity contribution in [2.75, 3.05) is 0 Å². The van der Waals surface area contributed by atoms with Gasteiger partial charge in [-0.25, -0.2) is 0 Å². The van der Waals surface area contributed by atoms with Crippen LogP contribution in [0.15, 0.2) is 82.0 Å². The molecular formula is C43H58O6. The SMILES string of the molecule is CC(C)=CCC/C=C(\C)C[C@@H]1C[C@@]2(CC=C(C)C)C(=O)/C(=C(/O)c3ccc(O)c(O)c3)C(=O)[C@](CC=C(C)C)(C2=O)[C@@]1(C)CCC=C(C)C. The fraction of sp³-hybridized carbons (Fsp3) is 0.512. The van der Waals surface area contributed by atoms with E-state index < -0.39 is 50.6 Å². The molecule has 0 amide bonds. The highest BCUT2D eigenvalue weighted by molar-refractivity contribution is 6.41. The van der Waals surface area contributed by atoms with Crippen molar-refractivity contribution >= 4 is 23.1 Å². The van der Waals surface area contributed by atoms with Crippen molar-refractivity contribution in [3.63, 3.8) is 0 Å². The van der Waals surface area contributed by atoms with Crippen LogP contribution in [-0.2, 0) is 14.4 Å². The van der Waals surface area contributed by atoms with Gasteiger partial charge in [-0.2, -0.15) is 0 Å². The van der Waals surface area contributed by atoms with Crippen LogP contribution in [-0.4, -0.2) is 32.7 Å². The zero-order valence-corrected chi connectivity index (χ0v) is 31.4. The standard InChI is InChI=1S/C43H58O6/c1-27(2)14-11-12-16-31(9)24-33-26-42(22-19-29(5)6)38(47)36(37(46)32-17-18-34(44)35(45)25-32)39(48)43(40(42)49,23-20-30(7)8)41(33,10)21-13-15-28(3)4/h14-20,25,33,44-46H,11-13,21-24,26H2,1-10H3/b31-16+,37-36-/t33-,41+,42+,43-/m1/s1. The highest BCUT2D eigenvalue weighted by Gasteiger charge is 2.74. The van der Waals surface area contributed by atoms with Crippen molar-refractivity contribution in [2.45, 2.75) is 121 Å². The molecule has 0 aromatic heterocycles. The maximum atomic E-state index is 15.4. The smallest absolute Gasteiger partial charge is 0.184 e. The van der Waals surface area contributed by atoms with E-state index in [1.807, 2.05) is 53.7 Å². The summed E-state index contributed by atoms with van der Waals surface area (Å²) in [6, 6.07) is 3.70. The first-order valence-corrected chi connectivity index (χ1v) is 17.6. The lowest BCUT2D eigenvalue weighted by atomic mass is 9.37. The maximum Gasteiger partial charge on any atom is 0.184 e. The minimum Gasteiger partial charge on any atom is -0.506 e. The predicted octanol–water partition coefficient (Wildman–Crippen LogP) is 10.6. The monoisotopic (exact) mass is 670 g/mol. The van der Waals surface area contributed by atoms with Gasteiger partial charge in [0.1, 0.15) is 16.7 Å². The van der Waals surface area contributed by atoms with Crippen molar-refractivity contribution in [2.24, 2.45) is 22.2 Å². The van der Waals surface area contributed by atoms with E-state index in [4.69, 9.17) is 0 Å². The summed E-state index contributed by atoms with van der Waals surface area (Å²) in [6.45, 7) is 20.1. The van der Waals surface area contributed by atoms with Crippen molar-refractivity contribution in [1.82, 2.24) is 0 Å². The van der Waals surface area contributed by atoms with Crippen molar-refractivity contribution in [1.29, 1.82) is 0 Å². The number of benzene rings is 1. The van der Waals surface area contributed by atoms with Crippen LogP contribution in [0.3, 0.4) is 0 Å². The normalized spacial score (nSPS) is 26.2. The highest BCUT2D eigenvalue weighted by Crippen LogP contribution is 2.67. The van der Waals surface area contributed by atoms with Gasteiger partial charge in [0.25, 0.3) is 0 Å². The molecule has 2 fully saturated rings. The zero-order valence-electron chi connectivity index (χ0n) is 31.4. The summed E-state index contributed by atoms with van der Waals surface area (Å²) < 4.78 is 0. The molecule has 2 aliphatic rings. The van der Waals surface area contributed by atoms with E-state index in [0.29, 0.717) is 19.3 Å². The van der Waals surface area contributed by atoms with Crippen LogP contribution in [0.5, 0.6) is 11.5 Å². The Morgan fingerprint density at radius 1 is 0.735 bits per heavy atom. The molecule has 266 valence electrons. The Labute approximate surface area is 294 Å². The summed E-state index contributed by atoms with van der Waals surface area (Å²) in [5.41, 5.74) is 1.04. The largest absolute Gasteiger partial charge is 0.506 e. The second-order valence-corrected chi connectivity index (χ2v) is 15.6. The Morgan fingerprint density at radius 2 is 1.29 bits per heavy atom. The summed E-state index contributed by atoms with van der Waals surface area (Å²) in [5.74, 6) is -3.33. The average Bonchev–Trinajstić information content (AvgIpc) is 3.00.